The van der Waals surface area contributed by atoms with Crippen molar-refractivity contribution < 1.29 is 14.3 Å². The van der Waals surface area contributed by atoms with Gasteiger partial charge in [0.1, 0.15) is 5.82 Å². The maximum atomic E-state index is 13.4. The molecule has 2 heterocycles. The van der Waals surface area contributed by atoms with Gasteiger partial charge in [0.15, 0.2) is 17.1 Å². The number of rotatable bonds is 6. The van der Waals surface area contributed by atoms with Gasteiger partial charge in [-0.3, -0.25) is 18.7 Å². The molecule has 2 aromatic heterocycles. The number of methoxy groups -OCH3 is 2. The highest BCUT2D eigenvalue weighted by atomic mass is 16.5. The zero-order valence-electron chi connectivity index (χ0n) is 19.8. The molecular weight excluding hydrogens is 450 g/mol. The van der Waals surface area contributed by atoms with Crippen LogP contribution >= 0.6 is 0 Å². The van der Waals surface area contributed by atoms with Crippen LogP contribution in [-0.2, 0) is 20.6 Å². The minimum atomic E-state index is -0.600. The number of nitrogens with zero attached hydrogens (tertiary/aromatic N) is 3. The number of aromatic nitrogens is 3. The van der Waals surface area contributed by atoms with E-state index in [2.05, 4.69) is 10.3 Å². The van der Waals surface area contributed by atoms with Gasteiger partial charge in [-0.15, -0.1) is 0 Å². The van der Waals surface area contributed by atoms with Gasteiger partial charge >= 0.3 is 5.69 Å². The quantitative estimate of drug-likeness (QED) is 0.435. The van der Waals surface area contributed by atoms with Gasteiger partial charge in [-0.05, 0) is 23.3 Å². The highest BCUT2D eigenvalue weighted by Crippen LogP contribution is 2.37. The van der Waals surface area contributed by atoms with Crippen LogP contribution in [0.25, 0.3) is 22.2 Å². The molecule has 180 valence electrons. The highest BCUT2D eigenvalue weighted by Gasteiger charge is 2.26. The number of nitrogens with one attached hydrogen (secondary N) is 1. The number of carbonyl (C=O) groups is 1. The number of carbonyl (C=O) groups excluding carboxylic acids is 1. The average molecular weight is 476 g/mol. The first-order valence-corrected chi connectivity index (χ1v) is 10.7. The van der Waals surface area contributed by atoms with Crippen LogP contribution in [-0.4, -0.2) is 34.2 Å². The summed E-state index contributed by atoms with van der Waals surface area (Å²) in [6.07, 6.45) is 0. The Morgan fingerprint density at radius 2 is 1.69 bits per heavy atom. The molecule has 2 aromatic carbocycles. The maximum absolute atomic E-state index is 13.4. The Hall–Kier alpha value is -4.60. The van der Waals surface area contributed by atoms with Gasteiger partial charge in [0.05, 0.1) is 25.2 Å². The van der Waals surface area contributed by atoms with Gasteiger partial charge < -0.3 is 20.5 Å². The van der Waals surface area contributed by atoms with Crippen LogP contribution in [0.2, 0.25) is 0 Å². The van der Waals surface area contributed by atoms with Crippen molar-refractivity contribution in [2.45, 2.75) is 6.54 Å². The second-order valence-electron chi connectivity index (χ2n) is 7.89. The van der Waals surface area contributed by atoms with Crippen molar-refractivity contribution in [3.63, 3.8) is 0 Å². The molecule has 3 N–H and O–H groups in total. The molecule has 0 spiro atoms. The summed E-state index contributed by atoms with van der Waals surface area (Å²) in [6, 6.07) is 14.4. The number of hydrogen-bond acceptors (Lipinski definition) is 7. The van der Waals surface area contributed by atoms with Gasteiger partial charge in [-0.2, -0.15) is 0 Å². The van der Waals surface area contributed by atoms with E-state index in [0.29, 0.717) is 17.1 Å². The molecule has 4 rings (SSSR count). The van der Waals surface area contributed by atoms with E-state index < -0.39 is 17.2 Å². The molecule has 0 unspecified atom stereocenters. The number of ether oxygens (including phenoxy) is 2. The fourth-order valence-corrected chi connectivity index (χ4v) is 3.98. The second-order valence-corrected chi connectivity index (χ2v) is 7.89. The predicted molar refractivity (Wildman–Crippen MR) is 133 cm³/mol. The Kier molecular flexibility index (Phi) is 6.28. The van der Waals surface area contributed by atoms with Crippen LogP contribution in [0.5, 0.6) is 11.5 Å². The highest BCUT2D eigenvalue weighted by molar-refractivity contribution is 6.11. The number of nitrogens with two attached hydrogens (primary N) is 1. The largest absolute Gasteiger partial charge is 0.493 e. The van der Waals surface area contributed by atoms with Crippen LogP contribution in [0.4, 0.5) is 5.82 Å². The average Bonchev–Trinajstić information content (AvgIpc) is 2.88. The van der Waals surface area contributed by atoms with Crippen molar-refractivity contribution in [3.05, 3.63) is 80.5 Å². The van der Waals surface area contributed by atoms with Gasteiger partial charge in [0.25, 0.3) is 11.5 Å². The number of anilines is 1. The number of benzene rings is 2. The summed E-state index contributed by atoms with van der Waals surface area (Å²) in [7, 11) is 5.85. The number of fused-ring (bicyclic) bond motifs is 1. The minimum Gasteiger partial charge on any atom is -0.493 e. The van der Waals surface area contributed by atoms with E-state index in [4.69, 9.17) is 15.2 Å². The SMILES string of the molecule is COc1ccc(-c2c(C(=O)NCc3ccccc3)c(N)nc3c2c(=O)n(C)c(=O)n3C)cc1OC. The number of aryl methyl sites for hydroxylation is 1. The van der Waals surface area contributed by atoms with Crippen molar-refractivity contribution in [1.29, 1.82) is 0 Å². The molecule has 4 aromatic rings. The van der Waals surface area contributed by atoms with Gasteiger partial charge in [0, 0.05) is 26.2 Å². The van der Waals surface area contributed by atoms with Crippen LogP contribution in [0.15, 0.2) is 58.1 Å². The first kappa shape index (κ1) is 23.6. The Balaban J connectivity index is 2.03. The van der Waals surface area contributed by atoms with Gasteiger partial charge in [-0.1, -0.05) is 36.4 Å². The molecule has 0 aliphatic carbocycles. The zero-order valence-corrected chi connectivity index (χ0v) is 19.8. The lowest BCUT2D eigenvalue weighted by Crippen LogP contribution is -2.38. The smallest absolute Gasteiger partial charge is 0.332 e. The van der Waals surface area contributed by atoms with E-state index in [1.807, 2.05) is 30.3 Å². The van der Waals surface area contributed by atoms with E-state index in [9.17, 15) is 14.4 Å². The van der Waals surface area contributed by atoms with Crippen molar-refractivity contribution in [1.82, 2.24) is 19.4 Å². The van der Waals surface area contributed by atoms with Crippen LogP contribution < -0.4 is 31.8 Å². The molecule has 0 fully saturated rings. The van der Waals surface area contributed by atoms with Crippen LogP contribution in [0.3, 0.4) is 0 Å². The molecule has 0 radical (unpaired) electrons. The molecular formula is C25H25N5O5. The normalized spacial score (nSPS) is 10.9. The Morgan fingerprint density at radius 1 is 1.00 bits per heavy atom. The monoisotopic (exact) mass is 475 g/mol. The zero-order chi connectivity index (χ0) is 25.3. The molecule has 0 aliphatic heterocycles. The Labute approximate surface area is 200 Å². The Morgan fingerprint density at radius 3 is 2.34 bits per heavy atom. The molecule has 0 saturated carbocycles. The summed E-state index contributed by atoms with van der Waals surface area (Å²) >= 11 is 0. The lowest BCUT2D eigenvalue weighted by atomic mass is 9.96. The van der Waals surface area contributed by atoms with E-state index in [0.717, 1.165) is 10.1 Å². The van der Waals surface area contributed by atoms with Crippen molar-refractivity contribution in [2.75, 3.05) is 20.0 Å². The first-order chi connectivity index (χ1) is 16.8. The summed E-state index contributed by atoms with van der Waals surface area (Å²) in [5.74, 6) is 0.237. The third-order valence-corrected chi connectivity index (χ3v) is 5.81. The second kappa shape index (κ2) is 9.34. The molecule has 0 saturated heterocycles. The summed E-state index contributed by atoms with van der Waals surface area (Å²) in [6.45, 7) is 0.244. The molecule has 0 aliphatic rings. The van der Waals surface area contributed by atoms with Crippen LogP contribution in [0.1, 0.15) is 15.9 Å². The van der Waals surface area contributed by atoms with Gasteiger partial charge in [0.2, 0.25) is 0 Å². The standard InChI is InChI=1S/C25H25N5O5/c1-29-22-20(24(32)30(2)25(29)33)18(15-10-11-16(34-3)17(12-15)35-4)19(21(26)28-22)23(31)27-13-14-8-6-5-7-9-14/h5-12H,13H2,1-4H3,(H2,26,28)(H,27,31). The van der Waals surface area contributed by atoms with Crippen molar-refractivity contribution in [3.8, 4) is 22.6 Å². The van der Waals surface area contributed by atoms with E-state index in [1.165, 1.54) is 32.9 Å². The van der Waals surface area contributed by atoms with Crippen molar-refractivity contribution in [2.24, 2.45) is 14.1 Å². The number of pyridine rings is 1. The number of hydrogen-bond donors (Lipinski definition) is 2. The molecule has 10 nitrogen and oxygen atoms in total. The summed E-state index contributed by atoms with van der Waals surface area (Å²) in [5, 5.41) is 2.93. The minimum absolute atomic E-state index is 0.0244. The topological polar surface area (TPSA) is 130 Å². The number of amides is 1. The third kappa shape index (κ3) is 4.10. The van der Waals surface area contributed by atoms with E-state index in [1.54, 1.807) is 18.2 Å². The number of nitrogen functional groups attached to an aromatic ring is 1. The van der Waals surface area contributed by atoms with Crippen molar-refractivity contribution >= 4 is 22.8 Å². The fraction of sp³-hybridized carbons (Fsp3) is 0.200. The lowest BCUT2D eigenvalue weighted by molar-refractivity contribution is 0.0952. The lowest BCUT2D eigenvalue weighted by Gasteiger charge is -2.18. The van der Waals surface area contributed by atoms with E-state index >= 15 is 0 Å². The first-order valence-electron chi connectivity index (χ1n) is 10.7. The third-order valence-electron chi connectivity index (χ3n) is 5.81. The Bertz CT molecular complexity index is 1560. The summed E-state index contributed by atoms with van der Waals surface area (Å²) in [4.78, 5) is 43.6. The van der Waals surface area contributed by atoms with Crippen LogP contribution in [0, 0.1) is 0 Å². The molecule has 1 amide bonds. The summed E-state index contributed by atoms with van der Waals surface area (Å²) in [5.41, 5.74) is 6.82. The molecule has 10 heteroatoms. The predicted octanol–water partition coefficient (Wildman–Crippen LogP) is 1.83. The molecule has 35 heavy (non-hydrogen) atoms. The molecule has 0 bridgehead atoms. The summed E-state index contributed by atoms with van der Waals surface area (Å²) < 4.78 is 13.0. The fourth-order valence-electron chi connectivity index (χ4n) is 3.98. The van der Waals surface area contributed by atoms with Gasteiger partial charge in [-0.25, -0.2) is 9.78 Å². The molecule has 0 atom stereocenters. The maximum Gasteiger partial charge on any atom is 0.332 e. The van der Waals surface area contributed by atoms with E-state index in [-0.39, 0.29) is 34.5 Å².